The maximum Gasteiger partial charge on any atom is 0.272 e. The number of halogens is 3. The van der Waals surface area contributed by atoms with E-state index in [4.69, 9.17) is 30.2 Å². The van der Waals surface area contributed by atoms with Crippen LogP contribution in [-0.4, -0.2) is 55.6 Å². The quantitative estimate of drug-likeness (QED) is 0.341. The molecule has 0 aliphatic rings. The molecule has 0 spiro atoms. The standard InChI is InChI=1S/C19H16ClF2N5O6S/c1-30-17-16(33-7-13(21)22)18(31-2)26-19(25-17)27-34(28,29)12-5-23-15-9(12)3-4-10(20)14(15)11-6-32-8-24-11/h3-6,8,13,23H,7H2,1-2H3,(H,25,26,27). The Kier molecular flexibility index (Phi) is 6.43. The smallest absolute Gasteiger partial charge is 0.272 e. The largest absolute Gasteiger partial charge is 0.478 e. The van der Waals surface area contributed by atoms with Crippen molar-refractivity contribution < 1.29 is 35.8 Å². The second kappa shape index (κ2) is 9.30. The highest BCUT2D eigenvalue weighted by Gasteiger charge is 2.26. The molecule has 3 aromatic heterocycles. The summed E-state index contributed by atoms with van der Waals surface area (Å²) in [5.41, 5.74) is 1.27. The van der Waals surface area contributed by atoms with Gasteiger partial charge in [-0.25, -0.2) is 26.9 Å². The number of H-pyrrole nitrogens is 1. The third-order valence-electron chi connectivity index (χ3n) is 4.51. The van der Waals surface area contributed by atoms with Crippen molar-refractivity contribution in [1.82, 2.24) is 19.9 Å². The third kappa shape index (κ3) is 4.41. The lowest BCUT2D eigenvalue weighted by atomic mass is 10.1. The van der Waals surface area contributed by atoms with Gasteiger partial charge in [0, 0.05) is 17.1 Å². The molecule has 15 heteroatoms. The van der Waals surface area contributed by atoms with E-state index < -0.39 is 29.0 Å². The molecule has 4 rings (SSSR count). The third-order valence-corrected chi connectivity index (χ3v) is 6.20. The summed E-state index contributed by atoms with van der Waals surface area (Å²) in [6.07, 6.45) is 1.09. The highest BCUT2D eigenvalue weighted by atomic mass is 35.5. The predicted molar refractivity (Wildman–Crippen MR) is 116 cm³/mol. The summed E-state index contributed by atoms with van der Waals surface area (Å²) in [6.45, 7) is -0.965. The summed E-state index contributed by atoms with van der Waals surface area (Å²) < 4.78 is 73.7. The molecule has 3 heterocycles. The van der Waals surface area contributed by atoms with Crippen LogP contribution >= 0.6 is 11.6 Å². The van der Waals surface area contributed by atoms with Crippen molar-refractivity contribution >= 4 is 38.5 Å². The van der Waals surface area contributed by atoms with Crippen LogP contribution in [0.5, 0.6) is 17.5 Å². The van der Waals surface area contributed by atoms with Crippen LogP contribution in [0.4, 0.5) is 14.7 Å². The first-order chi connectivity index (χ1) is 16.2. The Morgan fingerprint density at radius 2 is 1.91 bits per heavy atom. The number of nitrogens with zero attached hydrogens (tertiary/aromatic N) is 3. The Balaban J connectivity index is 1.73. The van der Waals surface area contributed by atoms with Gasteiger partial charge in [-0.1, -0.05) is 11.6 Å². The number of fused-ring (bicyclic) bond motifs is 1. The predicted octanol–water partition coefficient (Wildman–Crippen LogP) is 3.73. The van der Waals surface area contributed by atoms with Crippen LogP contribution in [0.25, 0.3) is 22.2 Å². The summed E-state index contributed by atoms with van der Waals surface area (Å²) >= 11 is 6.30. The first kappa shape index (κ1) is 23.5. The van der Waals surface area contributed by atoms with E-state index in [1.165, 1.54) is 45.2 Å². The molecule has 0 saturated heterocycles. The molecule has 0 unspecified atom stereocenters. The molecular weight excluding hydrogens is 500 g/mol. The molecule has 2 N–H and O–H groups in total. The molecule has 0 aliphatic heterocycles. The molecule has 0 radical (unpaired) electrons. The number of anilines is 1. The Morgan fingerprint density at radius 3 is 2.50 bits per heavy atom. The molecule has 1 aromatic carbocycles. The van der Waals surface area contributed by atoms with Crippen LogP contribution in [0, 0.1) is 0 Å². The van der Waals surface area contributed by atoms with E-state index >= 15 is 0 Å². The SMILES string of the molecule is COc1nc(NS(=O)(=O)c2c[nH]c3c(-c4cocn4)c(Cl)ccc23)nc(OC)c1OCC(F)F. The lowest BCUT2D eigenvalue weighted by Gasteiger charge is -2.14. The molecule has 0 bridgehead atoms. The van der Waals surface area contributed by atoms with Crippen molar-refractivity contribution in [3.05, 3.63) is 36.0 Å². The molecule has 0 fully saturated rings. The first-order valence-electron chi connectivity index (χ1n) is 9.37. The van der Waals surface area contributed by atoms with E-state index in [2.05, 4.69) is 24.7 Å². The van der Waals surface area contributed by atoms with Crippen LogP contribution in [0.15, 0.2) is 40.3 Å². The normalized spacial score (nSPS) is 11.7. The molecule has 0 aliphatic carbocycles. The van der Waals surface area contributed by atoms with Gasteiger partial charge >= 0.3 is 0 Å². The van der Waals surface area contributed by atoms with E-state index in [0.29, 0.717) is 27.2 Å². The van der Waals surface area contributed by atoms with Gasteiger partial charge in [-0.05, 0) is 12.1 Å². The highest BCUT2D eigenvalue weighted by molar-refractivity contribution is 7.93. The van der Waals surface area contributed by atoms with Crippen molar-refractivity contribution in [3.8, 4) is 28.8 Å². The van der Waals surface area contributed by atoms with Crippen LogP contribution in [0.2, 0.25) is 5.02 Å². The fourth-order valence-corrected chi connectivity index (χ4v) is 4.50. The number of oxazole rings is 1. The summed E-state index contributed by atoms with van der Waals surface area (Å²) in [7, 11) is -1.85. The van der Waals surface area contributed by atoms with E-state index in [-0.39, 0.29) is 22.4 Å². The molecule has 0 atom stereocenters. The van der Waals surface area contributed by atoms with Gasteiger partial charge in [-0.3, -0.25) is 0 Å². The second-order valence-electron chi connectivity index (χ2n) is 6.57. The number of alkyl halides is 2. The van der Waals surface area contributed by atoms with Gasteiger partial charge in [-0.15, -0.1) is 0 Å². The Labute approximate surface area is 196 Å². The van der Waals surface area contributed by atoms with Gasteiger partial charge in [0.25, 0.3) is 28.2 Å². The maximum absolute atomic E-state index is 13.2. The molecule has 180 valence electrons. The topological polar surface area (TPSA) is 141 Å². The molecule has 4 aromatic rings. The number of methoxy groups -OCH3 is 2. The number of sulfonamides is 1. The van der Waals surface area contributed by atoms with Gasteiger partial charge in [0.1, 0.15) is 23.5 Å². The van der Waals surface area contributed by atoms with Gasteiger partial charge in [0.05, 0.1) is 24.8 Å². The number of benzene rings is 1. The van der Waals surface area contributed by atoms with Crippen LogP contribution in [0.1, 0.15) is 0 Å². The first-order valence-corrected chi connectivity index (χ1v) is 11.2. The Bertz CT molecular complexity index is 1400. The number of nitrogens with one attached hydrogen (secondary N) is 2. The minimum Gasteiger partial charge on any atom is -0.478 e. The summed E-state index contributed by atoms with van der Waals surface area (Å²) in [5.74, 6) is -1.33. The van der Waals surface area contributed by atoms with Gasteiger partial charge in [0.15, 0.2) is 6.39 Å². The number of hydrogen-bond acceptors (Lipinski definition) is 9. The molecule has 11 nitrogen and oxygen atoms in total. The average Bonchev–Trinajstić information content (AvgIpc) is 3.47. The Hall–Kier alpha value is -3.65. The average molecular weight is 516 g/mol. The van der Waals surface area contributed by atoms with Crippen molar-refractivity contribution in [2.24, 2.45) is 0 Å². The monoisotopic (exact) mass is 515 g/mol. The molecular formula is C19H16ClF2N5O6S. The van der Waals surface area contributed by atoms with Gasteiger partial charge in [-0.2, -0.15) is 9.97 Å². The fourth-order valence-electron chi connectivity index (χ4n) is 3.13. The maximum atomic E-state index is 13.2. The zero-order valence-electron chi connectivity index (χ0n) is 17.5. The molecule has 0 saturated carbocycles. The second-order valence-corrected chi connectivity index (χ2v) is 8.63. The minimum atomic E-state index is -4.25. The van der Waals surface area contributed by atoms with Crippen LogP contribution in [0.3, 0.4) is 0 Å². The van der Waals surface area contributed by atoms with E-state index in [1.54, 1.807) is 0 Å². The van der Waals surface area contributed by atoms with Gasteiger partial charge < -0.3 is 23.6 Å². The van der Waals surface area contributed by atoms with E-state index in [9.17, 15) is 17.2 Å². The summed E-state index contributed by atoms with van der Waals surface area (Å²) in [6, 6.07) is 3.05. The zero-order chi connectivity index (χ0) is 24.5. The van der Waals surface area contributed by atoms with Crippen molar-refractivity contribution in [2.45, 2.75) is 11.3 Å². The highest BCUT2D eigenvalue weighted by Crippen LogP contribution is 2.38. The fraction of sp³-hybridized carbons (Fsp3) is 0.211. The molecule has 34 heavy (non-hydrogen) atoms. The number of ether oxygens (including phenoxy) is 3. The number of hydrogen-bond donors (Lipinski definition) is 2. The summed E-state index contributed by atoms with van der Waals surface area (Å²) in [4.78, 5) is 14.6. The Morgan fingerprint density at radius 1 is 1.21 bits per heavy atom. The van der Waals surface area contributed by atoms with Crippen LogP contribution in [-0.2, 0) is 10.0 Å². The lowest BCUT2D eigenvalue weighted by molar-refractivity contribution is 0.0781. The van der Waals surface area contributed by atoms with Crippen molar-refractivity contribution in [3.63, 3.8) is 0 Å². The van der Waals surface area contributed by atoms with Crippen LogP contribution < -0.4 is 18.9 Å². The van der Waals surface area contributed by atoms with Gasteiger partial charge in [0.2, 0.25) is 11.7 Å². The molecule has 0 amide bonds. The zero-order valence-corrected chi connectivity index (χ0v) is 19.1. The number of aromatic amines is 1. The summed E-state index contributed by atoms with van der Waals surface area (Å²) in [5, 5.41) is 0.642. The minimum absolute atomic E-state index is 0.136. The number of rotatable bonds is 9. The van der Waals surface area contributed by atoms with E-state index in [1.807, 2.05) is 0 Å². The lowest BCUT2D eigenvalue weighted by Crippen LogP contribution is -2.16. The van der Waals surface area contributed by atoms with Crippen molar-refractivity contribution in [2.75, 3.05) is 25.5 Å². The number of aromatic nitrogens is 4. The van der Waals surface area contributed by atoms with E-state index in [0.717, 1.165) is 0 Å². The van der Waals surface area contributed by atoms with Crippen molar-refractivity contribution in [1.29, 1.82) is 0 Å².